The number of carbonyl (C=O) groups is 5. The number of aromatic amines is 2. The van der Waals surface area contributed by atoms with Crippen LogP contribution in [0.25, 0.3) is 21.8 Å². The van der Waals surface area contributed by atoms with E-state index in [1.807, 2.05) is 55.5 Å². The second-order valence-corrected chi connectivity index (χ2v) is 12.8. The highest BCUT2D eigenvalue weighted by Crippen LogP contribution is 2.23. The molecule has 0 aliphatic rings. The van der Waals surface area contributed by atoms with Crippen molar-refractivity contribution in [3.05, 3.63) is 72.1 Å². The molecule has 4 rings (SSSR count). The van der Waals surface area contributed by atoms with E-state index in [0.29, 0.717) is 17.5 Å². The van der Waals surface area contributed by atoms with Crippen molar-refractivity contribution < 1.29 is 49.5 Å². The molecule has 0 aliphatic heterocycles. The lowest BCUT2D eigenvalue weighted by Crippen LogP contribution is -2.55. The van der Waals surface area contributed by atoms with Gasteiger partial charge < -0.3 is 35.5 Å². The molecule has 0 spiro atoms. The van der Waals surface area contributed by atoms with Crippen LogP contribution >= 0.6 is 0 Å². The fourth-order valence-electron chi connectivity index (χ4n) is 6.69. The van der Waals surface area contributed by atoms with E-state index in [9.17, 15) is 49.5 Å². The van der Waals surface area contributed by atoms with E-state index in [1.165, 1.54) is 9.80 Å². The summed E-state index contributed by atoms with van der Waals surface area (Å²) in [5.74, 6) is -6.61. The van der Waals surface area contributed by atoms with E-state index in [4.69, 9.17) is 0 Å². The molecule has 15 heteroatoms. The Morgan fingerprint density at radius 2 is 1.00 bits per heavy atom. The number of carboxylic acids is 5. The first-order chi connectivity index (χ1) is 24.3. The van der Waals surface area contributed by atoms with Crippen LogP contribution in [0.2, 0.25) is 0 Å². The highest BCUT2D eigenvalue weighted by Gasteiger charge is 2.35. The molecular weight excluding hydrogens is 662 g/mol. The molecule has 0 fully saturated rings. The van der Waals surface area contributed by atoms with Gasteiger partial charge in [0.05, 0.1) is 13.1 Å². The monoisotopic (exact) mass is 707 g/mol. The third-order valence-corrected chi connectivity index (χ3v) is 9.48. The Labute approximate surface area is 294 Å². The molecule has 15 nitrogen and oxygen atoms in total. The summed E-state index contributed by atoms with van der Waals surface area (Å²) in [6, 6.07) is 11.0. The molecule has 2 aromatic heterocycles. The Bertz CT molecular complexity index is 1720. The molecule has 0 unspecified atom stereocenters. The lowest BCUT2D eigenvalue weighted by molar-refractivity contribution is -0.149. The summed E-state index contributed by atoms with van der Waals surface area (Å²) in [4.78, 5) is 72.2. The summed E-state index contributed by atoms with van der Waals surface area (Å²) in [6.07, 6.45) is 3.77. The van der Waals surface area contributed by atoms with Crippen molar-refractivity contribution in [1.82, 2.24) is 24.7 Å². The molecule has 7 N–H and O–H groups in total. The van der Waals surface area contributed by atoms with Crippen LogP contribution < -0.4 is 0 Å². The fourth-order valence-corrected chi connectivity index (χ4v) is 6.69. The summed E-state index contributed by atoms with van der Waals surface area (Å²) < 4.78 is 0. The number of aromatic nitrogens is 2. The lowest BCUT2D eigenvalue weighted by Gasteiger charge is -2.37. The van der Waals surface area contributed by atoms with Gasteiger partial charge in [-0.05, 0) is 29.2 Å². The molecule has 4 aromatic rings. The molecule has 51 heavy (non-hydrogen) atoms. The van der Waals surface area contributed by atoms with Crippen molar-refractivity contribution in [2.24, 2.45) is 5.92 Å². The van der Waals surface area contributed by atoms with Gasteiger partial charge in [0.15, 0.2) is 0 Å². The highest BCUT2D eigenvalue weighted by molar-refractivity contribution is 5.85. The van der Waals surface area contributed by atoms with Gasteiger partial charge in [0, 0.05) is 73.2 Å². The first-order valence-electron chi connectivity index (χ1n) is 16.7. The zero-order valence-corrected chi connectivity index (χ0v) is 28.6. The van der Waals surface area contributed by atoms with Gasteiger partial charge in [-0.2, -0.15) is 0 Å². The number of para-hydroxylation sites is 2. The van der Waals surface area contributed by atoms with Crippen molar-refractivity contribution in [1.29, 1.82) is 0 Å². The first-order valence-corrected chi connectivity index (χ1v) is 16.7. The van der Waals surface area contributed by atoms with Crippen molar-refractivity contribution >= 4 is 51.7 Å². The van der Waals surface area contributed by atoms with Gasteiger partial charge in [-0.3, -0.25) is 38.7 Å². The predicted octanol–water partition coefficient (Wildman–Crippen LogP) is 2.92. The van der Waals surface area contributed by atoms with Crippen LogP contribution in [0.4, 0.5) is 0 Å². The van der Waals surface area contributed by atoms with Crippen LogP contribution in [0.15, 0.2) is 60.9 Å². The first kappa shape index (κ1) is 38.6. The number of rotatable bonds is 22. The third-order valence-electron chi connectivity index (χ3n) is 9.48. The van der Waals surface area contributed by atoms with E-state index in [0.717, 1.165) is 21.8 Å². The molecule has 274 valence electrons. The molecule has 0 amide bonds. The number of H-pyrrole nitrogens is 2. The van der Waals surface area contributed by atoms with Gasteiger partial charge >= 0.3 is 29.8 Å². The number of hydrogen-bond acceptors (Lipinski definition) is 8. The molecular formula is C36H45N5O10. The van der Waals surface area contributed by atoms with Crippen LogP contribution in [0.5, 0.6) is 0 Å². The van der Waals surface area contributed by atoms with E-state index >= 15 is 0 Å². The average Bonchev–Trinajstić information content (AvgIpc) is 3.69. The van der Waals surface area contributed by atoms with Crippen LogP contribution in [0, 0.1) is 5.92 Å². The van der Waals surface area contributed by atoms with Crippen LogP contribution in [-0.2, 0) is 36.8 Å². The quantitative estimate of drug-likeness (QED) is 0.0624. The molecule has 0 saturated carbocycles. The minimum atomic E-state index is -1.27. The van der Waals surface area contributed by atoms with Gasteiger partial charge in [-0.1, -0.05) is 56.7 Å². The second-order valence-electron chi connectivity index (χ2n) is 12.8. The summed E-state index contributed by atoms with van der Waals surface area (Å²) in [7, 11) is 0. The number of fused-ring (bicyclic) bond motifs is 2. The molecule has 0 radical (unpaired) electrons. The van der Waals surface area contributed by atoms with Gasteiger partial charge in [0.25, 0.3) is 0 Å². The van der Waals surface area contributed by atoms with E-state index in [1.54, 1.807) is 24.2 Å². The molecule has 2 aromatic carbocycles. The van der Waals surface area contributed by atoms with Crippen LogP contribution in [0.1, 0.15) is 31.4 Å². The Kier molecular flexibility index (Phi) is 13.3. The number of hydrogen-bond donors (Lipinski definition) is 7. The van der Waals surface area contributed by atoms with Gasteiger partial charge in [-0.25, -0.2) is 0 Å². The Morgan fingerprint density at radius 3 is 1.35 bits per heavy atom. The maximum Gasteiger partial charge on any atom is 0.321 e. The smallest absolute Gasteiger partial charge is 0.321 e. The minimum Gasteiger partial charge on any atom is -0.480 e. The predicted molar refractivity (Wildman–Crippen MR) is 188 cm³/mol. The van der Waals surface area contributed by atoms with E-state index < -0.39 is 67.0 Å². The summed E-state index contributed by atoms with van der Waals surface area (Å²) in [5, 5.41) is 52.1. The average molecular weight is 708 g/mol. The standard InChI is InChI=1S/C36H45N5O10/c1-3-22(2)33(36(50)51)39(12-14-40(20-31(42)43)29(34(46)47)16-23-18-37-27-10-6-4-8-25(23)27)13-15-41(21-32(44)45)30(35(48)49)17-24-19-38-28-11-7-5-9-26(24)28/h4-11,18-19,22,29-30,33,37-38H,3,12-17,20-21H2,1-2H3,(H,42,43)(H,44,45)(H,46,47)(H,48,49)(H,50,51)/t22-,29-,30-,33-/m0/s1. The van der Waals surface area contributed by atoms with E-state index in [2.05, 4.69) is 9.97 Å². The molecule has 2 heterocycles. The molecule has 4 atom stereocenters. The van der Waals surface area contributed by atoms with Gasteiger partial charge in [0.1, 0.15) is 18.1 Å². The molecule has 0 aliphatic carbocycles. The van der Waals surface area contributed by atoms with E-state index in [-0.39, 0.29) is 39.0 Å². The van der Waals surface area contributed by atoms with Crippen LogP contribution in [-0.4, -0.2) is 137 Å². The summed E-state index contributed by atoms with van der Waals surface area (Å²) >= 11 is 0. The number of nitrogens with one attached hydrogen (secondary N) is 2. The number of aliphatic carboxylic acids is 5. The lowest BCUT2D eigenvalue weighted by atomic mass is 9.97. The summed E-state index contributed by atoms with van der Waals surface area (Å²) in [6.45, 7) is 1.81. The molecule has 0 saturated heterocycles. The number of nitrogens with zero attached hydrogens (tertiary/aromatic N) is 3. The SMILES string of the molecule is CC[C@H](C)[C@@H](C(=O)O)N(CCN(CC(=O)O)[C@@H](Cc1c[nH]c2ccccc12)C(=O)O)CCN(CC(=O)O)[C@@H](Cc1c[nH]c2ccccc12)C(=O)O. The zero-order chi connectivity index (χ0) is 37.2. The Morgan fingerprint density at radius 1 is 0.608 bits per heavy atom. The minimum absolute atomic E-state index is 0.0269. The second kappa shape index (κ2) is 17.6. The summed E-state index contributed by atoms with van der Waals surface area (Å²) in [5.41, 5.74) is 2.93. The fraction of sp³-hybridized carbons (Fsp3) is 0.417. The van der Waals surface area contributed by atoms with Crippen LogP contribution in [0.3, 0.4) is 0 Å². The van der Waals surface area contributed by atoms with Crippen molar-refractivity contribution in [3.8, 4) is 0 Å². The topological polar surface area (TPSA) is 228 Å². The van der Waals surface area contributed by atoms with Gasteiger partial charge in [-0.15, -0.1) is 0 Å². The zero-order valence-electron chi connectivity index (χ0n) is 28.6. The number of benzene rings is 2. The molecule has 0 bridgehead atoms. The third kappa shape index (κ3) is 9.93. The Hall–Kier alpha value is -5.25. The largest absolute Gasteiger partial charge is 0.480 e. The number of carboxylic acid groups (broad SMARTS) is 5. The maximum absolute atomic E-state index is 12.7. The van der Waals surface area contributed by atoms with Crippen molar-refractivity contribution in [3.63, 3.8) is 0 Å². The van der Waals surface area contributed by atoms with Crippen molar-refractivity contribution in [2.75, 3.05) is 39.3 Å². The maximum atomic E-state index is 12.7. The normalized spacial score (nSPS) is 14.2. The Balaban J connectivity index is 1.62. The highest BCUT2D eigenvalue weighted by atomic mass is 16.4. The van der Waals surface area contributed by atoms with Gasteiger partial charge in [0.2, 0.25) is 0 Å². The van der Waals surface area contributed by atoms with Crippen molar-refractivity contribution in [2.45, 2.75) is 51.2 Å².